The minimum Gasteiger partial charge on any atom is -0.504 e. The predicted molar refractivity (Wildman–Crippen MR) is 79.0 cm³/mol. The Balaban J connectivity index is 1.92. The molecule has 0 bridgehead atoms. The Morgan fingerprint density at radius 3 is 2.80 bits per heavy atom. The fourth-order valence-electron chi connectivity index (χ4n) is 2.84. The van der Waals surface area contributed by atoms with Crippen molar-refractivity contribution >= 4 is 0 Å². The van der Waals surface area contributed by atoms with Gasteiger partial charge in [0.05, 0.1) is 13.2 Å². The summed E-state index contributed by atoms with van der Waals surface area (Å²) in [6.45, 7) is 2.91. The molecule has 0 saturated heterocycles. The van der Waals surface area contributed by atoms with E-state index in [9.17, 15) is 10.2 Å². The first-order chi connectivity index (χ1) is 9.61. The molecule has 0 amide bonds. The van der Waals surface area contributed by atoms with Crippen LogP contribution in [0.2, 0.25) is 0 Å². The topological polar surface area (TPSA) is 61.7 Å². The minimum absolute atomic E-state index is 0.158. The molecule has 1 aromatic rings. The molecular formula is C16H25NO3. The van der Waals surface area contributed by atoms with Gasteiger partial charge in [-0.05, 0) is 43.4 Å². The highest BCUT2D eigenvalue weighted by molar-refractivity contribution is 5.42. The smallest absolute Gasteiger partial charge is 0.160 e. The number of hydrogen-bond donors (Lipinski definition) is 3. The average molecular weight is 279 g/mol. The van der Waals surface area contributed by atoms with Crippen molar-refractivity contribution in [2.45, 2.75) is 44.8 Å². The van der Waals surface area contributed by atoms with Gasteiger partial charge in [0.1, 0.15) is 0 Å². The van der Waals surface area contributed by atoms with Crippen LogP contribution in [-0.4, -0.2) is 30.0 Å². The van der Waals surface area contributed by atoms with Crippen LogP contribution < -0.4 is 10.1 Å². The van der Waals surface area contributed by atoms with E-state index < -0.39 is 0 Å². The maximum atomic E-state index is 9.98. The number of hydrogen-bond acceptors (Lipinski definition) is 4. The maximum Gasteiger partial charge on any atom is 0.160 e. The lowest BCUT2D eigenvalue weighted by Gasteiger charge is -2.29. The third kappa shape index (κ3) is 3.64. The van der Waals surface area contributed by atoms with Gasteiger partial charge in [-0.2, -0.15) is 0 Å². The number of phenols is 1. The van der Waals surface area contributed by atoms with E-state index in [1.165, 1.54) is 6.42 Å². The lowest BCUT2D eigenvalue weighted by Crippen LogP contribution is -2.34. The number of rotatable bonds is 5. The zero-order valence-electron chi connectivity index (χ0n) is 12.3. The normalized spacial score (nSPS) is 24.4. The fourth-order valence-corrected chi connectivity index (χ4v) is 2.84. The molecule has 0 aromatic heterocycles. The van der Waals surface area contributed by atoms with Crippen LogP contribution in [0.1, 0.15) is 44.2 Å². The van der Waals surface area contributed by atoms with Gasteiger partial charge >= 0.3 is 0 Å². The van der Waals surface area contributed by atoms with E-state index in [4.69, 9.17) is 4.74 Å². The summed E-state index contributed by atoms with van der Waals surface area (Å²) in [5.74, 6) is 1.00. The lowest BCUT2D eigenvalue weighted by atomic mass is 9.86. The van der Waals surface area contributed by atoms with E-state index in [-0.39, 0.29) is 17.9 Å². The van der Waals surface area contributed by atoms with E-state index in [2.05, 4.69) is 12.2 Å². The van der Waals surface area contributed by atoms with Gasteiger partial charge < -0.3 is 20.3 Å². The molecule has 1 fully saturated rings. The molecule has 2 rings (SSSR count). The monoisotopic (exact) mass is 279 g/mol. The van der Waals surface area contributed by atoms with E-state index in [0.29, 0.717) is 11.7 Å². The van der Waals surface area contributed by atoms with Gasteiger partial charge in [0.25, 0.3) is 0 Å². The number of nitrogens with one attached hydrogen (secondary N) is 1. The van der Waals surface area contributed by atoms with E-state index >= 15 is 0 Å². The zero-order valence-corrected chi connectivity index (χ0v) is 12.3. The second kappa shape index (κ2) is 6.95. The molecular weight excluding hydrogens is 254 g/mol. The van der Waals surface area contributed by atoms with Crippen LogP contribution in [0.3, 0.4) is 0 Å². The second-order valence-corrected chi connectivity index (χ2v) is 5.67. The van der Waals surface area contributed by atoms with Crippen molar-refractivity contribution < 1.29 is 14.9 Å². The first-order valence-corrected chi connectivity index (χ1v) is 7.40. The summed E-state index contributed by atoms with van der Waals surface area (Å²) in [4.78, 5) is 0. The predicted octanol–water partition coefficient (Wildman–Crippen LogP) is 2.60. The Morgan fingerprint density at radius 2 is 2.10 bits per heavy atom. The molecule has 3 N–H and O–H groups in total. The molecule has 4 heteroatoms. The first kappa shape index (κ1) is 15.1. The molecule has 3 unspecified atom stereocenters. The van der Waals surface area contributed by atoms with Crippen molar-refractivity contribution in [1.29, 1.82) is 0 Å². The summed E-state index contributed by atoms with van der Waals surface area (Å²) in [6, 6.07) is 5.57. The summed E-state index contributed by atoms with van der Waals surface area (Å²) >= 11 is 0. The Morgan fingerprint density at radius 1 is 1.35 bits per heavy atom. The summed E-state index contributed by atoms with van der Waals surface area (Å²) in [5, 5.41) is 23.1. The van der Waals surface area contributed by atoms with Crippen LogP contribution in [0.4, 0.5) is 0 Å². The van der Waals surface area contributed by atoms with Crippen LogP contribution in [0.15, 0.2) is 18.2 Å². The third-order valence-corrected chi connectivity index (χ3v) is 4.26. The van der Waals surface area contributed by atoms with Gasteiger partial charge in [-0.3, -0.25) is 0 Å². The highest BCUT2D eigenvalue weighted by atomic mass is 16.5. The number of aliphatic hydroxyl groups excluding tert-OH is 1. The van der Waals surface area contributed by atoms with Crippen LogP contribution in [-0.2, 0) is 0 Å². The van der Waals surface area contributed by atoms with Gasteiger partial charge in [-0.15, -0.1) is 0 Å². The highest BCUT2D eigenvalue weighted by Crippen LogP contribution is 2.29. The number of ether oxygens (including phenoxy) is 1. The summed E-state index contributed by atoms with van der Waals surface area (Å²) in [5.41, 5.74) is 1.07. The number of phenolic OH excluding ortho intramolecular Hbond substituents is 1. The standard InChI is InChI=1S/C16H25NO3/c1-11(12-7-8-15(19)16(9-12)20-2)17-10-13-5-3-4-6-14(13)18/h7-9,11,13-14,17-19H,3-6,10H2,1-2H3. The Labute approximate surface area is 120 Å². The molecule has 0 aliphatic heterocycles. The average Bonchev–Trinajstić information content (AvgIpc) is 2.46. The van der Waals surface area contributed by atoms with Gasteiger partial charge in [0, 0.05) is 12.6 Å². The molecule has 1 aromatic carbocycles. The van der Waals surface area contributed by atoms with Crippen molar-refractivity contribution in [3.8, 4) is 11.5 Å². The van der Waals surface area contributed by atoms with Crippen LogP contribution in [0.25, 0.3) is 0 Å². The first-order valence-electron chi connectivity index (χ1n) is 7.40. The lowest BCUT2D eigenvalue weighted by molar-refractivity contribution is 0.0684. The van der Waals surface area contributed by atoms with E-state index in [1.54, 1.807) is 13.2 Å². The van der Waals surface area contributed by atoms with E-state index in [0.717, 1.165) is 31.4 Å². The van der Waals surface area contributed by atoms with Gasteiger partial charge in [-0.25, -0.2) is 0 Å². The van der Waals surface area contributed by atoms with Gasteiger partial charge in [0.2, 0.25) is 0 Å². The Hall–Kier alpha value is -1.26. The highest BCUT2D eigenvalue weighted by Gasteiger charge is 2.23. The minimum atomic E-state index is -0.169. The fraction of sp³-hybridized carbons (Fsp3) is 0.625. The number of aliphatic hydroxyl groups is 1. The number of aromatic hydroxyl groups is 1. The van der Waals surface area contributed by atoms with Gasteiger partial charge in [0.15, 0.2) is 11.5 Å². The molecule has 112 valence electrons. The zero-order chi connectivity index (χ0) is 14.5. The molecule has 0 spiro atoms. The van der Waals surface area contributed by atoms with Crippen molar-refractivity contribution in [3.63, 3.8) is 0 Å². The van der Waals surface area contributed by atoms with Crippen molar-refractivity contribution in [3.05, 3.63) is 23.8 Å². The third-order valence-electron chi connectivity index (χ3n) is 4.26. The number of benzene rings is 1. The van der Waals surface area contributed by atoms with Crippen LogP contribution >= 0.6 is 0 Å². The molecule has 3 atom stereocenters. The second-order valence-electron chi connectivity index (χ2n) is 5.67. The SMILES string of the molecule is COc1cc(C(C)NCC2CCCCC2O)ccc1O. The summed E-state index contributed by atoms with van der Waals surface area (Å²) in [7, 11) is 1.55. The van der Waals surface area contributed by atoms with Crippen molar-refractivity contribution in [1.82, 2.24) is 5.32 Å². The quantitative estimate of drug-likeness (QED) is 0.775. The molecule has 1 saturated carbocycles. The Bertz CT molecular complexity index is 436. The summed E-state index contributed by atoms with van der Waals surface area (Å²) in [6.07, 6.45) is 4.21. The Kier molecular flexibility index (Phi) is 5.26. The van der Waals surface area contributed by atoms with Crippen molar-refractivity contribution in [2.75, 3.05) is 13.7 Å². The summed E-state index contributed by atoms with van der Waals surface area (Å²) < 4.78 is 5.13. The van der Waals surface area contributed by atoms with Crippen molar-refractivity contribution in [2.24, 2.45) is 5.92 Å². The molecule has 0 radical (unpaired) electrons. The largest absolute Gasteiger partial charge is 0.504 e. The molecule has 20 heavy (non-hydrogen) atoms. The molecule has 1 aliphatic carbocycles. The van der Waals surface area contributed by atoms with Gasteiger partial charge in [-0.1, -0.05) is 18.9 Å². The van der Waals surface area contributed by atoms with E-state index in [1.807, 2.05) is 12.1 Å². The van der Waals surface area contributed by atoms with Crippen LogP contribution in [0.5, 0.6) is 11.5 Å². The number of methoxy groups -OCH3 is 1. The van der Waals surface area contributed by atoms with Crippen LogP contribution in [0, 0.1) is 5.92 Å². The molecule has 1 aliphatic rings. The molecule has 4 nitrogen and oxygen atoms in total. The molecule has 0 heterocycles. The maximum absolute atomic E-state index is 9.98.